The molecule has 1 aromatic heterocycles. The fraction of sp³-hybridized carbons (Fsp3) is 0.125. The standard InChI is InChI=1S/C16H9F3N2O2/c1-8-3-4-9(5-12(8)22)11-6-10(20-2)7-13-14(11)21-15(23-13)16(17,18)19/h3-7,22H,1H3. The van der Waals surface area contributed by atoms with E-state index >= 15 is 0 Å². The Morgan fingerprint density at radius 3 is 2.57 bits per heavy atom. The molecule has 0 atom stereocenters. The Bertz CT molecular complexity index is 952. The molecule has 0 spiro atoms. The number of hydrogen-bond acceptors (Lipinski definition) is 3. The zero-order chi connectivity index (χ0) is 16.8. The van der Waals surface area contributed by atoms with E-state index in [9.17, 15) is 18.3 Å². The molecule has 3 rings (SSSR count). The van der Waals surface area contributed by atoms with Crippen molar-refractivity contribution in [1.29, 1.82) is 0 Å². The van der Waals surface area contributed by atoms with Crippen LogP contribution in [-0.4, -0.2) is 10.1 Å². The van der Waals surface area contributed by atoms with Crippen LogP contribution in [0.4, 0.5) is 18.9 Å². The lowest BCUT2D eigenvalue weighted by Gasteiger charge is -2.06. The fourth-order valence-corrected chi connectivity index (χ4v) is 2.20. The summed E-state index contributed by atoms with van der Waals surface area (Å²) in [5.41, 5.74) is 1.36. The monoisotopic (exact) mass is 318 g/mol. The van der Waals surface area contributed by atoms with Crippen LogP contribution >= 0.6 is 0 Å². The third-order valence-corrected chi connectivity index (χ3v) is 3.37. The van der Waals surface area contributed by atoms with Crippen molar-refractivity contribution in [3.05, 3.63) is 53.2 Å². The molecule has 0 bridgehead atoms. The molecule has 0 aliphatic carbocycles. The van der Waals surface area contributed by atoms with Crippen molar-refractivity contribution in [3.8, 4) is 16.9 Å². The van der Waals surface area contributed by atoms with Crippen LogP contribution in [0.25, 0.3) is 27.1 Å². The molecule has 0 aliphatic rings. The molecule has 0 saturated heterocycles. The molecule has 23 heavy (non-hydrogen) atoms. The fourth-order valence-electron chi connectivity index (χ4n) is 2.20. The zero-order valence-corrected chi connectivity index (χ0v) is 11.8. The van der Waals surface area contributed by atoms with E-state index in [0.29, 0.717) is 16.7 Å². The first-order valence-electron chi connectivity index (χ1n) is 6.49. The highest BCUT2D eigenvalue weighted by Crippen LogP contribution is 2.38. The average Bonchev–Trinajstić information content (AvgIpc) is 2.93. The number of nitrogens with zero attached hydrogens (tertiary/aromatic N) is 2. The summed E-state index contributed by atoms with van der Waals surface area (Å²) in [4.78, 5) is 6.75. The van der Waals surface area contributed by atoms with Gasteiger partial charge in [-0.25, -0.2) is 9.83 Å². The number of rotatable bonds is 1. The Morgan fingerprint density at radius 2 is 1.96 bits per heavy atom. The quantitative estimate of drug-likeness (QED) is 0.637. The van der Waals surface area contributed by atoms with Crippen molar-refractivity contribution < 1.29 is 22.7 Å². The van der Waals surface area contributed by atoms with Crippen LogP contribution in [0.2, 0.25) is 0 Å². The first kappa shape index (κ1) is 14.9. The van der Waals surface area contributed by atoms with E-state index in [0.717, 1.165) is 0 Å². The molecule has 3 aromatic rings. The molecule has 0 aliphatic heterocycles. The summed E-state index contributed by atoms with van der Waals surface area (Å²) >= 11 is 0. The number of halogens is 3. The van der Waals surface area contributed by atoms with Gasteiger partial charge in [0.15, 0.2) is 5.69 Å². The lowest BCUT2D eigenvalue weighted by molar-refractivity contribution is -0.156. The number of oxazole rings is 1. The molecule has 0 saturated carbocycles. The van der Waals surface area contributed by atoms with E-state index < -0.39 is 12.1 Å². The Kier molecular flexibility index (Phi) is 3.25. The van der Waals surface area contributed by atoms with Gasteiger partial charge in [0.1, 0.15) is 16.8 Å². The summed E-state index contributed by atoms with van der Waals surface area (Å²) in [5.74, 6) is -1.37. The largest absolute Gasteiger partial charge is 0.508 e. The second kappa shape index (κ2) is 5.02. The Morgan fingerprint density at radius 1 is 1.22 bits per heavy atom. The molecule has 7 heteroatoms. The Hall–Kier alpha value is -3.01. The van der Waals surface area contributed by atoms with Crippen LogP contribution in [0, 0.1) is 13.5 Å². The third-order valence-electron chi connectivity index (χ3n) is 3.37. The maximum Gasteiger partial charge on any atom is 0.468 e. The van der Waals surface area contributed by atoms with Crippen LogP contribution in [0.1, 0.15) is 11.5 Å². The second-order valence-corrected chi connectivity index (χ2v) is 4.97. The molecule has 0 radical (unpaired) electrons. The number of aromatic hydroxyl groups is 1. The van der Waals surface area contributed by atoms with Crippen molar-refractivity contribution in [2.45, 2.75) is 13.1 Å². The smallest absolute Gasteiger partial charge is 0.468 e. The average molecular weight is 318 g/mol. The van der Waals surface area contributed by atoms with E-state index in [1.54, 1.807) is 19.1 Å². The van der Waals surface area contributed by atoms with Gasteiger partial charge in [-0.1, -0.05) is 12.1 Å². The van der Waals surface area contributed by atoms with Crippen molar-refractivity contribution in [2.24, 2.45) is 0 Å². The molecular formula is C16H9F3N2O2. The van der Waals surface area contributed by atoms with Gasteiger partial charge in [0, 0.05) is 5.56 Å². The highest BCUT2D eigenvalue weighted by Gasteiger charge is 2.38. The van der Waals surface area contributed by atoms with Gasteiger partial charge in [-0.15, -0.1) is 0 Å². The van der Waals surface area contributed by atoms with Gasteiger partial charge in [0.25, 0.3) is 0 Å². The molecule has 1 N–H and O–H groups in total. The Balaban J connectivity index is 2.32. The number of phenolic OH excluding ortho intramolecular Hbond substituents is 1. The van der Waals surface area contributed by atoms with Gasteiger partial charge in [0.05, 0.1) is 6.57 Å². The van der Waals surface area contributed by atoms with Crippen LogP contribution in [0.3, 0.4) is 0 Å². The van der Waals surface area contributed by atoms with Gasteiger partial charge in [-0.05, 0) is 36.2 Å². The van der Waals surface area contributed by atoms with E-state index in [1.165, 1.54) is 18.2 Å². The summed E-state index contributed by atoms with van der Waals surface area (Å²) in [6.45, 7) is 8.77. The first-order chi connectivity index (χ1) is 10.8. The summed E-state index contributed by atoms with van der Waals surface area (Å²) in [6, 6.07) is 7.31. The molecule has 2 aromatic carbocycles. The number of aromatic nitrogens is 1. The molecular weight excluding hydrogens is 309 g/mol. The summed E-state index contributed by atoms with van der Waals surface area (Å²) in [7, 11) is 0. The minimum atomic E-state index is -4.72. The maximum absolute atomic E-state index is 12.8. The minimum Gasteiger partial charge on any atom is -0.508 e. The predicted octanol–water partition coefficient (Wildman–Crippen LogP) is 5.08. The number of hydrogen-bond donors (Lipinski definition) is 1. The summed E-state index contributed by atoms with van der Waals surface area (Å²) < 4.78 is 43.2. The molecule has 0 amide bonds. The third kappa shape index (κ3) is 2.59. The van der Waals surface area contributed by atoms with Crippen LogP contribution in [0.15, 0.2) is 34.7 Å². The first-order valence-corrected chi connectivity index (χ1v) is 6.49. The van der Waals surface area contributed by atoms with Crippen LogP contribution in [0.5, 0.6) is 5.75 Å². The summed E-state index contributed by atoms with van der Waals surface area (Å²) in [5, 5.41) is 9.81. The van der Waals surface area contributed by atoms with Gasteiger partial charge in [-0.2, -0.15) is 13.2 Å². The molecule has 4 nitrogen and oxygen atoms in total. The second-order valence-electron chi connectivity index (χ2n) is 4.97. The van der Waals surface area contributed by atoms with Gasteiger partial charge < -0.3 is 9.52 Å². The van der Waals surface area contributed by atoms with Crippen molar-refractivity contribution >= 4 is 16.8 Å². The predicted molar refractivity (Wildman–Crippen MR) is 77.1 cm³/mol. The maximum atomic E-state index is 12.8. The van der Waals surface area contributed by atoms with Gasteiger partial charge in [0.2, 0.25) is 0 Å². The van der Waals surface area contributed by atoms with E-state index in [4.69, 9.17) is 11.0 Å². The highest BCUT2D eigenvalue weighted by atomic mass is 19.4. The van der Waals surface area contributed by atoms with Crippen LogP contribution < -0.4 is 0 Å². The minimum absolute atomic E-state index is 0.00315. The van der Waals surface area contributed by atoms with E-state index in [1.807, 2.05) is 0 Å². The molecule has 0 unspecified atom stereocenters. The summed E-state index contributed by atoms with van der Waals surface area (Å²) in [6.07, 6.45) is -4.72. The molecule has 0 fully saturated rings. The molecule has 116 valence electrons. The van der Waals surface area contributed by atoms with Crippen molar-refractivity contribution in [1.82, 2.24) is 4.98 Å². The number of fused-ring (bicyclic) bond motifs is 1. The van der Waals surface area contributed by atoms with Gasteiger partial charge >= 0.3 is 12.1 Å². The Labute approximate surface area is 128 Å². The lowest BCUT2D eigenvalue weighted by atomic mass is 10.0. The number of aryl methyl sites for hydroxylation is 1. The SMILES string of the molecule is [C-]#[N+]c1cc(-c2ccc(C)c(O)c2)c2nc(C(F)(F)F)oc2c1. The zero-order valence-electron chi connectivity index (χ0n) is 11.8. The van der Waals surface area contributed by atoms with Crippen molar-refractivity contribution in [3.63, 3.8) is 0 Å². The van der Waals surface area contributed by atoms with Crippen LogP contribution in [-0.2, 0) is 6.18 Å². The lowest BCUT2D eigenvalue weighted by Crippen LogP contribution is -2.04. The normalized spacial score (nSPS) is 11.6. The topological polar surface area (TPSA) is 50.6 Å². The number of alkyl halides is 3. The molecule has 1 heterocycles. The number of phenols is 1. The van der Waals surface area contributed by atoms with Gasteiger partial charge in [-0.3, -0.25) is 0 Å². The van der Waals surface area contributed by atoms with E-state index in [-0.39, 0.29) is 22.5 Å². The van der Waals surface area contributed by atoms with E-state index in [2.05, 4.69) is 9.83 Å². The highest BCUT2D eigenvalue weighted by molar-refractivity contribution is 5.94. The van der Waals surface area contributed by atoms with Crippen molar-refractivity contribution in [2.75, 3.05) is 0 Å². The number of benzene rings is 2.